The fourth-order valence-electron chi connectivity index (χ4n) is 1.59. The molecule has 8 nitrogen and oxygen atoms in total. The van der Waals surface area contributed by atoms with Gasteiger partial charge in [0.1, 0.15) is 0 Å². The molecule has 0 aromatic carbocycles. The van der Waals surface area contributed by atoms with Crippen molar-refractivity contribution in [2.45, 2.75) is 5.25 Å². The zero-order chi connectivity index (χ0) is 12.5. The summed E-state index contributed by atoms with van der Waals surface area (Å²) in [4.78, 5) is 25.5. The summed E-state index contributed by atoms with van der Waals surface area (Å²) in [5.41, 5.74) is 0. The molecule has 1 N–H and O–H groups in total. The predicted molar refractivity (Wildman–Crippen MR) is 57.1 cm³/mol. The van der Waals surface area contributed by atoms with Crippen molar-refractivity contribution in [2.24, 2.45) is 4.99 Å². The van der Waals surface area contributed by atoms with Crippen molar-refractivity contribution in [3.8, 4) is 0 Å². The smallest absolute Gasteiger partial charge is 0.347 e. The van der Waals surface area contributed by atoms with Crippen LogP contribution in [0.3, 0.4) is 0 Å². The van der Waals surface area contributed by atoms with Crippen molar-refractivity contribution in [1.29, 1.82) is 0 Å². The zero-order valence-corrected chi connectivity index (χ0v) is 9.64. The molecule has 2 heterocycles. The van der Waals surface area contributed by atoms with Crippen molar-refractivity contribution in [3.63, 3.8) is 0 Å². The second-order valence-corrected chi connectivity index (χ2v) is 5.60. The quantitative estimate of drug-likeness (QED) is 0.640. The fraction of sp³-hybridized carbons (Fsp3) is 0.625. The molecule has 0 aromatic heterocycles. The average molecular weight is 261 g/mol. The molecule has 3 amide bonds. The normalized spacial score (nSPS) is 26.9. The van der Waals surface area contributed by atoms with E-state index in [1.807, 2.05) is 5.32 Å². The summed E-state index contributed by atoms with van der Waals surface area (Å²) in [5.74, 6) is -0.864. The van der Waals surface area contributed by atoms with Crippen LogP contribution in [0, 0.1) is 0 Å². The average Bonchev–Trinajstić information content (AvgIpc) is 2.29. The molecule has 1 unspecified atom stereocenters. The third-order valence-electron chi connectivity index (χ3n) is 2.47. The molecule has 1 saturated heterocycles. The zero-order valence-electron chi connectivity index (χ0n) is 8.83. The Morgan fingerprint density at radius 1 is 1.35 bits per heavy atom. The molecule has 1 fully saturated rings. The highest BCUT2D eigenvalue weighted by molar-refractivity contribution is 7.91. The number of urea groups is 1. The first-order valence-corrected chi connectivity index (χ1v) is 6.48. The molecule has 0 radical (unpaired) electrons. The van der Waals surface area contributed by atoms with Crippen molar-refractivity contribution in [3.05, 3.63) is 0 Å². The number of hydrogen-bond donors (Lipinski definition) is 1. The SMILES string of the molecule is O=C1N=CC(S(=O)(=O)N2CCOCC2)C(=O)N1. The van der Waals surface area contributed by atoms with Crippen LogP contribution in [0.1, 0.15) is 0 Å². The van der Waals surface area contributed by atoms with Crippen LogP contribution in [-0.2, 0) is 19.6 Å². The Balaban J connectivity index is 2.23. The van der Waals surface area contributed by atoms with Crippen LogP contribution in [0.5, 0.6) is 0 Å². The molecule has 2 rings (SSSR count). The third-order valence-corrected chi connectivity index (χ3v) is 4.53. The van der Waals surface area contributed by atoms with Gasteiger partial charge in [-0.3, -0.25) is 10.1 Å². The van der Waals surface area contributed by atoms with E-state index < -0.39 is 27.2 Å². The summed E-state index contributed by atoms with van der Waals surface area (Å²) in [6, 6.07) is -0.844. The lowest BCUT2D eigenvalue weighted by molar-refractivity contribution is -0.118. The van der Waals surface area contributed by atoms with Crippen molar-refractivity contribution in [2.75, 3.05) is 26.3 Å². The van der Waals surface area contributed by atoms with Crippen molar-refractivity contribution in [1.82, 2.24) is 9.62 Å². The van der Waals surface area contributed by atoms with Gasteiger partial charge in [-0.1, -0.05) is 0 Å². The number of nitrogens with zero attached hydrogens (tertiary/aromatic N) is 2. The summed E-state index contributed by atoms with van der Waals surface area (Å²) in [7, 11) is -3.82. The fourth-order valence-corrected chi connectivity index (χ4v) is 3.11. The topological polar surface area (TPSA) is 105 Å². The third kappa shape index (κ3) is 2.35. The largest absolute Gasteiger partial charge is 0.379 e. The lowest BCUT2D eigenvalue weighted by atomic mass is 10.4. The number of imide groups is 1. The molecule has 0 bridgehead atoms. The van der Waals surface area contributed by atoms with E-state index in [4.69, 9.17) is 4.74 Å². The lowest BCUT2D eigenvalue weighted by Gasteiger charge is -2.28. The van der Waals surface area contributed by atoms with Crippen LogP contribution in [0.25, 0.3) is 0 Å². The highest BCUT2D eigenvalue weighted by Crippen LogP contribution is 2.12. The number of carbonyl (C=O) groups is 2. The number of hydrogen-bond acceptors (Lipinski definition) is 5. The summed E-state index contributed by atoms with van der Waals surface area (Å²) >= 11 is 0. The van der Waals surface area contributed by atoms with Crippen molar-refractivity contribution >= 4 is 28.2 Å². The number of carbonyl (C=O) groups excluding carboxylic acids is 2. The number of rotatable bonds is 2. The maximum absolute atomic E-state index is 12.1. The molecule has 1 atom stereocenters. The van der Waals surface area contributed by atoms with Gasteiger partial charge >= 0.3 is 6.03 Å². The summed E-state index contributed by atoms with van der Waals surface area (Å²) in [5, 5.41) is 0.430. The molecule has 0 aliphatic carbocycles. The maximum atomic E-state index is 12.1. The Hall–Kier alpha value is -1.32. The van der Waals surface area contributed by atoms with Gasteiger partial charge in [0.05, 0.1) is 13.2 Å². The van der Waals surface area contributed by atoms with E-state index in [-0.39, 0.29) is 13.1 Å². The Labute approximate surface area is 97.7 Å². The van der Waals surface area contributed by atoms with Crippen LogP contribution in [0.4, 0.5) is 4.79 Å². The predicted octanol–water partition coefficient (Wildman–Crippen LogP) is -1.66. The molecule has 0 spiro atoms. The monoisotopic (exact) mass is 261 g/mol. The number of ether oxygens (including phenoxy) is 1. The van der Waals surface area contributed by atoms with Crippen LogP contribution >= 0.6 is 0 Å². The van der Waals surface area contributed by atoms with Gasteiger partial charge in [-0.25, -0.2) is 18.2 Å². The van der Waals surface area contributed by atoms with E-state index in [9.17, 15) is 18.0 Å². The summed E-state index contributed by atoms with van der Waals surface area (Å²) in [6.45, 7) is 0.995. The first-order chi connectivity index (χ1) is 8.01. The number of aliphatic imine (C=N–C) groups is 1. The maximum Gasteiger partial charge on any atom is 0.347 e. The number of amides is 3. The van der Waals surface area contributed by atoms with Gasteiger partial charge in [-0.2, -0.15) is 4.31 Å². The standard InChI is InChI=1S/C8H11N3O5S/c12-7-6(5-9-8(13)10-7)17(14,15)11-1-3-16-4-2-11/h5-6H,1-4H2,(H,10,12,13). The van der Waals surface area contributed by atoms with Gasteiger partial charge in [0.2, 0.25) is 10.0 Å². The minimum absolute atomic E-state index is 0.202. The first kappa shape index (κ1) is 12.1. The van der Waals surface area contributed by atoms with E-state index in [1.54, 1.807) is 0 Å². The van der Waals surface area contributed by atoms with Gasteiger partial charge < -0.3 is 4.74 Å². The van der Waals surface area contributed by atoms with Gasteiger partial charge in [0.25, 0.3) is 5.91 Å². The Morgan fingerprint density at radius 3 is 2.59 bits per heavy atom. The highest BCUT2D eigenvalue weighted by Gasteiger charge is 2.39. The second-order valence-electron chi connectivity index (χ2n) is 3.55. The van der Waals surface area contributed by atoms with Gasteiger partial charge in [-0.15, -0.1) is 0 Å². The van der Waals surface area contributed by atoms with E-state index in [0.29, 0.717) is 13.2 Å². The van der Waals surface area contributed by atoms with Crippen LogP contribution in [0.15, 0.2) is 4.99 Å². The molecule has 9 heteroatoms. The second kappa shape index (κ2) is 4.51. The van der Waals surface area contributed by atoms with Gasteiger partial charge in [0, 0.05) is 19.3 Å². The van der Waals surface area contributed by atoms with Crippen molar-refractivity contribution < 1.29 is 22.7 Å². The Kier molecular flexibility index (Phi) is 3.22. The van der Waals surface area contributed by atoms with Crippen LogP contribution in [0.2, 0.25) is 0 Å². The van der Waals surface area contributed by atoms with E-state index in [2.05, 4.69) is 4.99 Å². The first-order valence-electron chi connectivity index (χ1n) is 4.97. The molecule has 2 aliphatic heterocycles. The minimum atomic E-state index is -3.82. The molecular formula is C8H11N3O5S. The van der Waals surface area contributed by atoms with Crippen LogP contribution in [-0.4, -0.2) is 62.4 Å². The van der Waals surface area contributed by atoms with Crippen LogP contribution < -0.4 is 5.32 Å². The molecule has 0 saturated carbocycles. The van der Waals surface area contributed by atoms with Gasteiger partial charge in [-0.05, 0) is 0 Å². The molecule has 2 aliphatic rings. The molecular weight excluding hydrogens is 250 g/mol. The van der Waals surface area contributed by atoms with Gasteiger partial charge in [0.15, 0.2) is 5.25 Å². The molecule has 94 valence electrons. The summed E-state index contributed by atoms with van der Waals surface area (Å²) < 4.78 is 30.3. The number of morpholine rings is 1. The molecule has 17 heavy (non-hydrogen) atoms. The number of nitrogens with one attached hydrogen (secondary N) is 1. The van der Waals surface area contributed by atoms with E-state index in [1.165, 1.54) is 4.31 Å². The minimum Gasteiger partial charge on any atom is -0.379 e. The Bertz CT molecular complexity index is 466. The highest BCUT2D eigenvalue weighted by atomic mass is 32.2. The summed E-state index contributed by atoms with van der Waals surface area (Å²) in [6.07, 6.45) is 0.867. The van der Waals surface area contributed by atoms with E-state index in [0.717, 1.165) is 6.21 Å². The lowest BCUT2D eigenvalue weighted by Crippen LogP contribution is -2.53. The Morgan fingerprint density at radius 2 is 2.00 bits per heavy atom. The number of sulfonamides is 1. The van der Waals surface area contributed by atoms with E-state index >= 15 is 0 Å². The molecule has 0 aromatic rings.